The molecule has 2 fully saturated rings. The summed E-state index contributed by atoms with van der Waals surface area (Å²) in [5, 5.41) is 6.49. The zero-order valence-corrected chi connectivity index (χ0v) is 13.9. The Morgan fingerprint density at radius 2 is 2.24 bits per heavy atom. The monoisotopic (exact) mass is 351 g/mol. The molecule has 1 amide bonds. The first-order valence-electron chi connectivity index (χ1n) is 7.61. The van der Waals surface area contributed by atoms with Gasteiger partial charge in [-0.15, -0.1) is 0 Å². The molecule has 0 aromatic heterocycles. The molecular formula is C16H22BrN3O. The second-order valence-electron chi connectivity index (χ2n) is 6.21. The number of carbonyl (C=O) groups excluding carboxylic acids is 1. The van der Waals surface area contributed by atoms with E-state index in [1.54, 1.807) is 0 Å². The van der Waals surface area contributed by atoms with Gasteiger partial charge in [0.1, 0.15) is 0 Å². The van der Waals surface area contributed by atoms with Crippen LogP contribution in [0.4, 0.5) is 5.69 Å². The molecule has 5 heteroatoms. The van der Waals surface area contributed by atoms with Crippen LogP contribution in [0.3, 0.4) is 0 Å². The minimum Gasteiger partial charge on any atom is -0.325 e. The maximum atomic E-state index is 12.2. The number of rotatable bonds is 3. The Hall–Kier alpha value is -0.910. The van der Waals surface area contributed by atoms with Crippen molar-refractivity contribution >= 4 is 27.5 Å². The summed E-state index contributed by atoms with van der Waals surface area (Å²) in [6.45, 7) is 6.85. The summed E-state index contributed by atoms with van der Waals surface area (Å²) < 4.78 is 1.04. The van der Waals surface area contributed by atoms with Crippen LogP contribution in [0.5, 0.6) is 0 Å². The van der Waals surface area contributed by atoms with Crippen molar-refractivity contribution < 1.29 is 4.79 Å². The number of hydrogen-bond donors (Lipinski definition) is 2. The first-order chi connectivity index (χ1) is 10.1. The highest BCUT2D eigenvalue weighted by molar-refractivity contribution is 9.10. The van der Waals surface area contributed by atoms with E-state index in [0.29, 0.717) is 6.54 Å². The van der Waals surface area contributed by atoms with Gasteiger partial charge in [0, 0.05) is 16.7 Å². The van der Waals surface area contributed by atoms with Crippen molar-refractivity contribution in [2.75, 3.05) is 38.0 Å². The minimum atomic E-state index is 0.0878. The predicted octanol–water partition coefficient (Wildman–Crippen LogP) is 2.24. The zero-order valence-electron chi connectivity index (χ0n) is 12.4. The molecule has 21 heavy (non-hydrogen) atoms. The number of nitrogens with zero attached hydrogens (tertiary/aromatic N) is 1. The van der Waals surface area contributed by atoms with Crippen LogP contribution < -0.4 is 10.6 Å². The summed E-state index contributed by atoms with van der Waals surface area (Å²) in [6, 6.07) is 5.92. The van der Waals surface area contributed by atoms with Crippen LogP contribution in [0.15, 0.2) is 22.7 Å². The molecule has 0 spiro atoms. The number of amides is 1. The number of hydrogen-bond acceptors (Lipinski definition) is 3. The van der Waals surface area contributed by atoms with Crippen molar-refractivity contribution in [1.29, 1.82) is 0 Å². The second-order valence-corrected chi connectivity index (χ2v) is 7.13. The predicted molar refractivity (Wildman–Crippen MR) is 88.4 cm³/mol. The molecule has 4 nitrogen and oxygen atoms in total. The van der Waals surface area contributed by atoms with E-state index in [4.69, 9.17) is 0 Å². The van der Waals surface area contributed by atoms with Gasteiger partial charge in [-0.05, 0) is 68.6 Å². The normalized spacial score (nSPS) is 25.6. The number of likely N-dealkylation sites (tertiary alicyclic amines) is 1. The molecule has 0 saturated carbocycles. The SMILES string of the molecule is Cc1cc(Br)ccc1NC(=O)CN1CCC2CNCC2C1. The number of halogens is 1. The summed E-state index contributed by atoms with van der Waals surface area (Å²) in [7, 11) is 0. The van der Waals surface area contributed by atoms with Gasteiger partial charge in [-0.3, -0.25) is 9.69 Å². The third-order valence-electron chi connectivity index (χ3n) is 4.62. The van der Waals surface area contributed by atoms with Crippen LogP contribution in [-0.2, 0) is 4.79 Å². The van der Waals surface area contributed by atoms with Crippen molar-refractivity contribution in [1.82, 2.24) is 10.2 Å². The minimum absolute atomic E-state index is 0.0878. The van der Waals surface area contributed by atoms with Gasteiger partial charge in [-0.25, -0.2) is 0 Å². The molecule has 2 saturated heterocycles. The third kappa shape index (κ3) is 3.65. The molecule has 2 heterocycles. The second kappa shape index (κ2) is 6.46. The molecule has 3 rings (SSSR count). The summed E-state index contributed by atoms with van der Waals surface area (Å²) in [6.07, 6.45) is 1.21. The first kappa shape index (κ1) is 15.0. The number of aryl methyl sites for hydroxylation is 1. The molecule has 2 aliphatic heterocycles. The van der Waals surface area contributed by atoms with E-state index in [0.717, 1.165) is 53.7 Å². The summed E-state index contributed by atoms with van der Waals surface area (Å²) >= 11 is 3.44. The van der Waals surface area contributed by atoms with Crippen molar-refractivity contribution in [3.05, 3.63) is 28.2 Å². The van der Waals surface area contributed by atoms with Crippen molar-refractivity contribution in [2.45, 2.75) is 13.3 Å². The number of benzene rings is 1. The average molecular weight is 352 g/mol. The van der Waals surface area contributed by atoms with E-state index in [1.165, 1.54) is 6.42 Å². The standard InChI is InChI=1S/C16H22BrN3O/c1-11-6-14(17)2-3-15(11)19-16(21)10-20-5-4-12-7-18-8-13(12)9-20/h2-3,6,12-13,18H,4-5,7-10H2,1H3,(H,19,21). The number of anilines is 1. The lowest BCUT2D eigenvalue weighted by molar-refractivity contribution is -0.117. The highest BCUT2D eigenvalue weighted by Crippen LogP contribution is 2.26. The lowest BCUT2D eigenvalue weighted by atomic mass is 9.89. The fourth-order valence-corrected chi connectivity index (χ4v) is 3.89. The van der Waals surface area contributed by atoms with E-state index < -0.39 is 0 Å². The summed E-state index contributed by atoms with van der Waals surface area (Å²) in [5.41, 5.74) is 1.98. The molecular weight excluding hydrogens is 330 g/mol. The Balaban J connectivity index is 1.54. The van der Waals surface area contributed by atoms with Crippen LogP contribution in [0, 0.1) is 18.8 Å². The van der Waals surface area contributed by atoms with E-state index in [9.17, 15) is 4.79 Å². The summed E-state index contributed by atoms with van der Waals surface area (Å²) in [4.78, 5) is 14.5. The zero-order chi connectivity index (χ0) is 14.8. The fraction of sp³-hybridized carbons (Fsp3) is 0.562. The number of carbonyl (C=O) groups is 1. The number of piperidine rings is 1. The molecule has 0 aliphatic carbocycles. The van der Waals surface area contributed by atoms with Gasteiger partial charge in [0.15, 0.2) is 0 Å². The number of fused-ring (bicyclic) bond motifs is 1. The lowest BCUT2D eigenvalue weighted by Gasteiger charge is -2.33. The Labute approximate surface area is 134 Å². The molecule has 0 bridgehead atoms. The largest absolute Gasteiger partial charge is 0.325 e. The molecule has 2 N–H and O–H groups in total. The Bertz CT molecular complexity index is 534. The Morgan fingerprint density at radius 3 is 3.05 bits per heavy atom. The Morgan fingerprint density at radius 1 is 1.43 bits per heavy atom. The van der Waals surface area contributed by atoms with Gasteiger partial charge in [-0.2, -0.15) is 0 Å². The topological polar surface area (TPSA) is 44.4 Å². The molecule has 114 valence electrons. The van der Waals surface area contributed by atoms with E-state index in [2.05, 4.69) is 31.5 Å². The van der Waals surface area contributed by atoms with Crippen LogP contribution in [0.25, 0.3) is 0 Å². The molecule has 1 aromatic carbocycles. The van der Waals surface area contributed by atoms with Gasteiger partial charge < -0.3 is 10.6 Å². The van der Waals surface area contributed by atoms with Gasteiger partial charge >= 0.3 is 0 Å². The Kier molecular flexibility index (Phi) is 4.62. The first-order valence-corrected chi connectivity index (χ1v) is 8.40. The van der Waals surface area contributed by atoms with E-state index >= 15 is 0 Å². The van der Waals surface area contributed by atoms with E-state index in [1.807, 2.05) is 25.1 Å². The van der Waals surface area contributed by atoms with Crippen LogP contribution >= 0.6 is 15.9 Å². The van der Waals surface area contributed by atoms with Crippen molar-refractivity contribution in [3.63, 3.8) is 0 Å². The van der Waals surface area contributed by atoms with Gasteiger partial charge in [0.25, 0.3) is 0 Å². The highest BCUT2D eigenvalue weighted by Gasteiger charge is 2.33. The van der Waals surface area contributed by atoms with Gasteiger partial charge in [0.05, 0.1) is 6.54 Å². The molecule has 1 aromatic rings. The molecule has 0 radical (unpaired) electrons. The van der Waals surface area contributed by atoms with Gasteiger partial charge in [-0.1, -0.05) is 15.9 Å². The highest BCUT2D eigenvalue weighted by atomic mass is 79.9. The van der Waals surface area contributed by atoms with Gasteiger partial charge in [0.2, 0.25) is 5.91 Å². The van der Waals surface area contributed by atoms with Crippen LogP contribution in [-0.4, -0.2) is 43.5 Å². The maximum absolute atomic E-state index is 12.2. The van der Waals surface area contributed by atoms with Crippen LogP contribution in [0.2, 0.25) is 0 Å². The summed E-state index contributed by atoms with van der Waals surface area (Å²) in [5.74, 6) is 1.63. The average Bonchev–Trinajstić information content (AvgIpc) is 2.89. The molecule has 2 aliphatic rings. The molecule has 2 atom stereocenters. The van der Waals surface area contributed by atoms with Crippen LogP contribution in [0.1, 0.15) is 12.0 Å². The third-order valence-corrected chi connectivity index (χ3v) is 5.11. The fourth-order valence-electron chi connectivity index (χ4n) is 3.41. The van der Waals surface area contributed by atoms with E-state index in [-0.39, 0.29) is 5.91 Å². The quantitative estimate of drug-likeness (QED) is 0.877. The smallest absolute Gasteiger partial charge is 0.238 e. The van der Waals surface area contributed by atoms with Crippen molar-refractivity contribution in [3.8, 4) is 0 Å². The molecule has 2 unspecified atom stereocenters. The number of nitrogens with one attached hydrogen (secondary N) is 2. The maximum Gasteiger partial charge on any atom is 0.238 e. The lowest BCUT2D eigenvalue weighted by Crippen LogP contribution is -2.43. The van der Waals surface area contributed by atoms with Crippen molar-refractivity contribution in [2.24, 2.45) is 11.8 Å².